The van der Waals surface area contributed by atoms with Gasteiger partial charge in [-0.3, -0.25) is 0 Å². The van der Waals surface area contributed by atoms with Crippen LogP contribution in [0.15, 0.2) is 48.5 Å². The van der Waals surface area contributed by atoms with E-state index in [4.69, 9.17) is 0 Å². The highest BCUT2D eigenvalue weighted by Gasteiger charge is 2.20. The Morgan fingerprint density at radius 2 is 1.37 bits per heavy atom. The third kappa shape index (κ3) is 3.19. The Labute approximate surface area is 113 Å². The molecule has 0 aliphatic carbocycles. The van der Waals surface area contributed by atoms with Crippen LogP contribution >= 0.6 is 0 Å². The Hall–Kier alpha value is -1.70. The topological polar surface area (TPSA) is 0 Å². The van der Waals surface area contributed by atoms with Gasteiger partial charge < -0.3 is 0 Å². The number of benzene rings is 2. The van der Waals surface area contributed by atoms with Crippen LogP contribution in [0, 0.1) is 17.6 Å². The molecule has 100 valence electrons. The van der Waals surface area contributed by atoms with Crippen molar-refractivity contribution in [2.75, 3.05) is 0 Å². The van der Waals surface area contributed by atoms with Crippen molar-refractivity contribution in [2.24, 2.45) is 5.92 Å². The van der Waals surface area contributed by atoms with Crippen LogP contribution in [-0.2, 0) is 0 Å². The van der Waals surface area contributed by atoms with Crippen LogP contribution in [0.25, 0.3) is 0 Å². The molecule has 2 rings (SSSR count). The van der Waals surface area contributed by atoms with Crippen LogP contribution in [-0.4, -0.2) is 0 Å². The Morgan fingerprint density at radius 1 is 0.895 bits per heavy atom. The average molecular weight is 260 g/mol. The molecule has 0 N–H and O–H groups in total. The highest BCUT2D eigenvalue weighted by Crippen LogP contribution is 2.34. The molecule has 0 unspecified atom stereocenters. The van der Waals surface area contributed by atoms with E-state index < -0.39 is 0 Å². The van der Waals surface area contributed by atoms with Gasteiger partial charge in [0.25, 0.3) is 0 Å². The first kappa shape index (κ1) is 13.7. The standard InChI is InChI=1S/C17H18F2/c1-3-12(2)17(13-6-4-8-15(18)10-13)14-7-5-9-16(19)11-14/h4-12,17H,3H2,1-2H3/t12-/m0/s1. The smallest absolute Gasteiger partial charge is 0.123 e. The molecule has 19 heavy (non-hydrogen) atoms. The molecule has 2 aromatic carbocycles. The second-order valence-corrected chi connectivity index (χ2v) is 4.97. The van der Waals surface area contributed by atoms with Crippen molar-refractivity contribution < 1.29 is 8.78 Å². The summed E-state index contributed by atoms with van der Waals surface area (Å²) in [4.78, 5) is 0. The second-order valence-electron chi connectivity index (χ2n) is 4.97. The van der Waals surface area contributed by atoms with Crippen molar-refractivity contribution in [3.8, 4) is 0 Å². The Balaban J connectivity index is 2.47. The molecule has 0 aliphatic heterocycles. The van der Waals surface area contributed by atoms with Gasteiger partial charge in [0.15, 0.2) is 0 Å². The molecule has 0 aliphatic rings. The van der Waals surface area contributed by atoms with E-state index in [0.29, 0.717) is 5.92 Å². The molecule has 2 aromatic rings. The van der Waals surface area contributed by atoms with Gasteiger partial charge in [-0.25, -0.2) is 8.78 Å². The summed E-state index contributed by atoms with van der Waals surface area (Å²) in [5, 5.41) is 0. The lowest BCUT2D eigenvalue weighted by molar-refractivity contribution is 0.491. The molecule has 0 saturated heterocycles. The van der Waals surface area contributed by atoms with Crippen molar-refractivity contribution in [3.63, 3.8) is 0 Å². The summed E-state index contributed by atoms with van der Waals surface area (Å²) >= 11 is 0. The zero-order valence-corrected chi connectivity index (χ0v) is 11.2. The first-order chi connectivity index (χ1) is 9.11. The van der Waals surface area contributed by atoms with Gasteiger partial charge in [-0.2, -0.15) is 0 Å². The van der Waals surface area contributed by atoms with Crippen LogP contribution in [0.3, 0.4) is 0 Å². The molecule has 0 saturated carbocycles. The first-order valence-corrected chi connectivity index (χ1v) is 6.62. The Morgan fingerprint density at radius 3 is 1.74 bits per heavy atom. The summed E-state index contributed by atoms with van der Waals surface area (Å²) in [6.45, 7) is 4.21. The molecule has 0 fully saturated rings. The largest absolute Gasteiger partial charge is 0.207 e. The van der Waals surface area contributed by atoms with E-state index in [-0.39, 0.29) is 17.6 Å². The van der Waals surface area contributed by atoms with Gasteiger partial charge >= 0.3 is 0 Å². The highest BCUT2D eigenvalue weighted by molar-refractivity contribution is 5.33. The summed E-state index contributed by atoms with van der Waals surface area (Å²) in [6.07, 6.45) is 0.956. The minimum absolute atomic E-state index is 0.0244. The van der Waals surface area contributed by atoms with Gasteiger partial charge in [-0.05, 0) is 41.3 Å². The molecule has 2 heteroatoms. The number of halogens is 2. The fourth-order valence-corrected chi connectivity index (χ4v) is 2.49. The zero-order valence-electron chi connectivity index (χ0n) is 11.2. The van der Waals surface area contributed by atoms with Crippen molar-refractivity contribution in [2.45, 2.75) is 26.2 Å². The maximum absolute atomic E-state index is 13.4. The highest BCUT2D eigenvalue weighted by atomic mass is 19.1. The predicted octanol–water partition coefficient (Wildman–Crippen LogP) is 5.14. The summed E-state index contributed by atoms with van der Waals surface area (Å²) in [6, 6.07) is 13.2. The molecular weight excluding hydrogens is 242 g/mol. The third-order valence-corrected chi connectivity index (χ3v) is 3.63. The van der Waals surface area contributed by atoms with Gasteiger partial charge in [0.2, 0.25) is 0 Å². The molecule has 0 spiro atoms. The van der Waals surface area contributed by atoms with E-state index in [1.165, 1.54) is 12.1 Å². The zero-order chi connectivity index (χ0) is 13.8. The predicted molar refractivity (Wildman–Crippen MR) is 74.1 cm³/mol. The number of hydrogen-bond acceptors (Lipinski definition) is 0. The van der Waals surface area contributed by atoms with Gasteiger partial charge in [0.05, 0.1) is 0 Å². The monoisotopic (exact) mass is 260 g/mol. The third-order valence-electron chi connectivity index (χ3n) is 3.63. The molecule has 0 bridgehead atoms. The van der Waals surface area contributed by atoms with Gasteiger partial charge in [0, 0.05) is 5.92 Å². The lowest BCUT2D eigenvalue weighted by atomic mass is 9.80. The van der Waals surface area contributed by atoms with Crippen LogP contribution in [0.4, 0.5) is 8.78 Å². The summed E-state index contributed by atoms with van der Waals surface area (Å²) in [5.41, 5.74) is 1.81. The summed E-state index contributed by atoms with van der Waals surface area (Å²) in [7, 11) is 0. The van der Waals surface area contributed by atoms with Gasteiger partial charge in [-0.1, -0.05) is 44.5 Å². The lowest BCUT2D eigenvalue weighted by Crippen LogP contribution is -2.11. The first-order valence-electron chi connectivity index (χ1n) is 6.62. The van der Waals surface area contributed by atoms with Crippen molar-refractivity contribution >= 4 is 0 Å². The van der Waals surface area contributed by atoms with Gasteiger partial charge in [0.1, 0.15) is 11.6 Å². The van der Waals surface area contributed by atoms with E-state index in [1.54, 1.807) is 24.3 Å². The fraction of sp³-hybridized carbons (Fsp3) is 0.294. The number of hydrogen-bond donors (Lipinski definition) is 0. The molecule has 1 atom stereocenters. The van der Waals surface area contributed by atoms with Crippen molar-refractivity contribution in [1.82, 2.24) is 0 Å². The minimum atomic E-state index is -0.248. The van der Waals surface area contributed by atoms with Crippen LogP contribution in [0.1, 0.15) is 37.3 Å². The molecule has 0 aromatic heterocycles. The molecule has 0 radical (unpaired) electrons. The number of rotatable bonds is 4. The molecule has 0 amide bonds. The Bertz CT molecular complexity index is 503. The van der Waals surface area contributed by atoms with E-state index in [2.05, 4.69) is 13.8 Å². The maximum atomic E-state index is 13.4. The molecule has 0 heterocycles. The van der Waals surface area contributed by atoms with E-state index >= 15 is 0 Å². The normalized spacial score (nSPS) is 12.7. The van der Waals surface area contributed by atoms with Crippen LogP contribution in [0.5, 0.6) is 0 Å². The summed E-state index contributed by atoms with van der Waals surface area (Å²) in [5.74, 6) is -0.149. The fourth-order valence-electron chi connectivity index (χ4n) is 2.49. The quantitative estimate of drug-likeness (QED) is 0.713. The Kier molecular flexibility index (Phi) is 4.31. The van der Waals surface area contributed by atoms with Crippen LogP contribution < -0.4 is 0 Å². The van der Waals surface area contributed by atoms with E-state index in [1.807, 2.05) is 12.1 Å². The second kappa shape index (κ2) is 5.96. The summed E-state index contributed by atoms with van der Waals surface area (Å²) < 4.78 is 26.8. The SMILES string of the molecule is CC[C@H](C)C(c1cccc(F)c1)c1cccc(F)c1. The van der Waals surface area contributed by atoms with Gasteiger partial charge in [-0.15, -0.1) is 0 Å². The van der Waals surface area contributed by atoms with E-state index in [9.17, 15) is 8.78 Å². The average Bonchev–Trinajstić information content (AvgIpc) is 2.39. The van der Waals surface area contributed by atoms with Crippen molar-refractivity contribution in [3.05, 3.63) is 71.3 Å². The molecular formula is C17H18F2. The minimum Gasteiger partial charge on any atom is -0.207 e. The lowest BCUT2D eigenvalue weighted by Gasteiger charge is -2.24. The maximum Gasteiger partial charge on any atom is 0.123 e. The van der Waals surface area contributed by atoms with E-state index in [0.717, 1.165) is 17.5 Å². The van der Waals surface area contributed by atoms with Crippen molar-refractivity contribution in [1.29, 1.82) is 0 Å². The van der Waals surface area contributed by atoms with Crippen LogP contribution in [0.2, 0.25) is 0 Å². The molecule has 0 nitrogen and oxygen atoms in total.